The summed E-state index contributed by atoms with van der Waals surface area (Å²) < 4.78 is 26.7. The average molecular weight is 586 g/mol. The third kappa shape index (κ3) is 6.63. The molecule has 25 heavy (non-hydrogen) atoms. The van der Waals surface area contributed by atoms with Crippen molar-refractivity contribution in [1.82, 2.24) is 0 Å². The van der Waals surface area contributed by atoms with Gasteiger partial charge in [0.2, 0.25) is 0 Å². The Hall–Kier alpha value is -0.480. The number of carbonyl (C=O) groups excluding carboxylic acids is 1. The minimum Gasteiger partial charge on any atom is -0.462 e. The zero-order valence-corrected chi connectivity index (χ0v) is 18.5. The summed E-state index contributed by atoms with van der Waals surface area (Å²) in [6.07, 6.45) is 1.48. The van der Waals surface area contributed by atoms with Gasteiger partial charge in [-0.15, -0.1) is 0 Å². The van der Waals surface area contributed by atoms with Gasteiger partial charge < -0.3 is 4.74 Å². The van der Waals surface area contributed by atoms with E-state index in [1.807, 2.05) is 42.5 Å². The fourth-order valence-corrected chi connectivity index (χ4v) is 5.52. The molecule has 0 atom stereocenters. The molecule has 0 bridgehead atoms. The monoisotopic (exact) mass is 586 g/mol. The van der Waals surface area contributed by atoms with Crippen LogP contribution in [0.5, 0.6) is 0 Å². The summed E-state index contributed by atoms with van der Waals surface area (Å²) >= 11 is 3.15. The summed E-state index contributed by atoms with van der Waals surface area (Å²) in [7, 11) is -3.01. The van der Waals surface area contributed by atoms with Crippen LogP contribution >= 0.6 is 53.6 Å². The van der Waals surface area contributed by atoms with Gasteiger partial charge in [-0.25, -0.2) is 10.5 Å². The fraction of sp³-hybridized carbons (Fsp3) is 0.235. The first-order valence-corrected chi connectivity index (χ1v) is 11.1. The van der Waals surface area contributed by atoms with Crippen molar-refractivity contribution in [3.63, 3.8) is 0 Å². The first kappa shape index (κ1) is 20.8. The van der Waals surface area contributed by atoms with Crippen LogP contribution in [0.15, 0.2) is 54.6 Å². The van der Waals surface area contributed by atoms with Crippen LogP contribution in [0.3, 0.4) is 0 Å². The molecule has 0 aliphatic rings. The largest absolute Gasteiger partial charge is 0.462 e. The molecule has 2 rings (SSSR count). The van der Waals surface area contributed by atoms with E-state index in [0.717, 1.165) is 11.1 Å². The lowest BCUT2D eigenvalue weighted by molar-refractivity contribution is 0.0500. The van der Waals surface area contributed by atoms with Gasteiger partial charge in [-0.1, -0.05) is 42.5 Å². The van der Waals surface area contributed by atoms with Crippen LogP contribution < -0.4 is 0 Å². The lowest BCUT2D eigenvalue weighted by Crippen LogP contribution is -2.06. The van der Waals surface area contributed by atoms with E-state index < -0.39 is 7.60 Å². The highest BCUT2D eigenvalue weighted by Crippen LogP contribution is 2.52. The number of rotatable bonds is 9. The predicted molar refractivity (Wildman–Crippen MR) is 114 cm³/mol. The molecule has 0 radical (unpaired) electrons. The maximum Gasteiger partial charge on any atom is 0.349 e. The van der Waals surface area contributed by atoms with Gasteiger partial charge in [0, 0.05) is 0 Å². The van der Waals surface area contributed by atoms with Gasteiger partial charge in [0.1, 0.15) is 46.0 Å². The number of carbonyl (C=O) groups is 1. The zero-order valence-electron chi connectivity index (χ0n) is 13.3. The van der Waals surface area contributed by atoms with Gasteiger partial charge in [-0.05, 0) is 36.1 Å². The molecule has 0 amide bonds. The standard InChI is InChI=1S/C17H17I2O5P/c18-23-25(21,24-19)13-5-4-12-22-17(20)16-10-8-15(9-11-16)14-6-2-1-3-7-14/h1-3,6-11H,4-5,12-13H2. The first-order valence-electron chi connectivity index (χ1n) is 7.60. The molecule has 2 aromatic rings. The molecule has 0 N–H and O–H groups in total. The quantitative estimate of drug-likeness (QED) is 0.151. The van der Waals surface area contributed by atoms with Gasteiger partial charge in [0.15, 0.2) is 0 Å². The third-order valence-electron chi connectivity index (χ3n) is 3.50. The van der Waals surface area contributed by atoms with Crippen LogP contribution in [-0.4, -0.2) is 18.7 Å². The van der Waals surface area contributed by atoms with E-state index in [-0.39, 0.29) is 12.6 Å². The highest BCUT2D eigenvalue weighted by Gasteiger charge is 2.22. The molecule has 0 saturated heterocycles. The van der Waals surface area contributed by atoms with Crippen LogP contribution in [0.1, 0.15) is 23.2 Å². The van der Waals surface area contributed by atoms with Crippen LogP contribution in [-0.2, 0) is 15.0 Å². The van der Waals surface area contributed by atoms with Crippen LogP contribution in [0, 0.1) is 0 Å². The highest BCUT2D eigenvalue weighted by atomic mass is 127. The molecule has 5 nitrogen and oxygen atoms in total. The molecule has 0 aliphatic carbocycles. The second-order valence-corrected chi connectivity index (χ2v) is 9.57. The summed E-state index contributed by atoms with van der Waals surface area (Å²) in [5.41, 5.74) is 2.66. The Morgan fingerprint density at radius 1 is 0.880 bits per heavy atom. The van der Waals surface area contributed by atoms with Crippen molar-refractivity contribution in [2.45, 2.75) is 12.8 Å². The maximum atomic E-state index is 12.0. The van der Waals surface area contributed by atoms with Crippen LogP contribution in [0.2, 0.25) is 0 Å². The molecule has 0 aromatic heterocycles. The van der Waals surface area contributed by atoms with Crippen molar-refractivity contribution in [2.24, 2.45) is 0 Å². The molecular weight excluding hydrogens is 569 g/mol. The van der Waals surface area contributed by atoms with Gasteiger partial charge in [-0.3, -0.25) is 4.57 Å². The van der Waals surface area contributed by atoms with E-state index in [1.165, 1.54) is 0 Å². The minimum atomic E-state index is -3.01. The normalized spacial score (nSPS) is 11.3. The molecule has 0 saturated carbocycles. The first-order chi connectivity index (χ1) is 12.1. The minimum absolute atomic E-state index is 0.266. The molecule has 0 aliphatic heterocycles. The Bertz CT molecular complexity index is 714. The van der Waals surface area contributed by atoms with E-state index in [2.05, 4.69) is 0 Å². The number of hydrogen-bond acceptors (Lipinski definition) is 5. The van der Waals surface area contributed by atoms with Crippen molar-refractivity contribution in [2.75, 3.05) is 12.8 Å². The van der Waals surface area contributed by atoms with Crippen molar-refractivity contribution >= 4 is 59.6 Å². The Morgan fingerprint density at radius 3 is 2.08 bits per heavy atom. The Morgan fingerprint density at radius 2 is 1.48 bits per heavy atom. The third-order valence-corrected chi connectivity index (χ3v) is 8.38. The Balaban J connectivity index is 1.79. The Labute approximate surface area is 175 Å². The Kier molecular flexibility index (Phi) is 8.84. The molecule has 0 heterocycles. The molecule has 0 unspecified atom stereocenters. The van der Waals surface area contributed by atoms with Crippen LogP contribution in [0.25, 0.3) is 11.1 Å². The summed E-state index contributed by atoms with van der Waals surface area (Å²) in [4.78, 5) is 12.0. The van der Waals surface area contributed by atoms with E-state index in [4.69, 9.17) is 10.4 Å². The highest BCUT2D eigenvalue weighted by molar-refractivity contribution is 14.1. The average Bonchev–Trinajstić information content (AvgIpc) is 2.68. The number of halogens is 2. The fourth-order valence-electron chi connectivity index (χ4n) is 2.16. The number of hydrogen-bond donors (Lipinski definition) is 0. The van der Waals surface area contributed by atoms with Gasteiger partial charge in [-0.2, -0.15) is 0 Å². The topological polar surface area (TPSA) is 61.8 Å². The summed E-state index contributed by atoms with van der Waals surface area (Å²) in [6.45, 7) is 0.266. The molecule has 8 heteroatoms. The van der Waals surface area contributed by atoms with E-state index >= 15 is 0 Å². The molecule has 2 aromatic carbocycles. The van der Waals surface area contributed by atoms with E-state index in [0.29, 0.717) is 24.6 Å². The number of unbranched alkanes of at least 4 members (excludes halogenated alkanes) is 1. The maximum absolute atomic E-state index is 12.0. The SMILES string of the molecule is O=C(OCCCCP(=O)(OI)OI)c1ccc(-c2ccccc2)cc1. The second kappa shape index (κ2) is 10.6. The molecule has 134 valence electrons. The lowest BCUT2D eigenvalue weighted by Gasteiger charge is -2.10. The number of esters is 1. The molecule has 0 fully saturated rings. The summed E-state index contributed by atoms with van der Waals surface area (Å²) in [5.74, 6) is -0.363. The molecular formula is C17H17I2O5P. The number of ether oxygens (including phenoxy) is 1. The molecule has 0 spiro atoms. The van der Waals surface area contributed by atoms with Gasteiger partial charge >= 0.3 is 13.6 Å². The van der Waals surface area contributed by atoms with Crippen molar-refractivity contribution in [1.29, 1.82) is 0 Å². The van der Waals surface area contributed by atoms with Crippen molar-refractivity contribution < 1.29 is 19.8 Å². The number of benzene rings is 2. The van der Waals surface area contributed by atoms with E-state index in [9.17, 15) is 9.36 Å². The lowest BCUT2D eigenvalue weighted by atomic mass is 10.0. The van der Waals surface area contributed by atoms with Gasteiger partial charge in [0.05, 0.1) is 18.3 Å². The second-order valence-electron chi connectivity index (χ2n) is 5.26. The zero-order chi connectivity index (χ0) is 18.1. The van der Waals surface area contributed by atoms with E-state index in [1.54, 1.807) is 58.1 Å². The summed E-state index contributed by atoms with van der Waals surface area (Å²) in [5, 5.41) is 0. The van der Waals surface area contributed by atoms with Gasteiger partial charge in [0.25, 0.3) is 0 Å². The van der Waals surface area contributed by atoms with Crippen molar-refractivity contribution in [3.05, 3.63) is 60.2 Å². The summed E-state index contributed by atoms with van der Waals surface area (Å²) in [6, 6.07) is 17.3. The van der Waals surface area contributed by atoms with Crippen LogP contribution in [0.4, 0.5) is 0 Å². The predicted octanol–water partition coefficient (Wildman–Crippen LogP) is 6.22. The van der Waals surface area contributed by atoms with Crippen molar-refractivity contribution in [3.8, 4) is 11.1 Å². The smallest absolute Gasteiger partial charge is 0.349 e.